The van der Waals surface area contributed by atoms with Crippen molar-refractivity contribution in [3.05, 3.63) is 41.0 Å². The van der Waals surface area contributed by atoms with Crippen LogP contribution in [0.5, 0.6) is 0 Å². The molecule has 0 amide bonds. The minimum absolute atomic E-state index is 0.0168. The van der Waals surface area contributed by atoms with Gasteiger partial charge >= 0.3 is 12.1 Å². The number of benzene rings is 1. The van der Waals surface area contributed by atoms with Crippen LogP contribution >= 0.6 is 0 Å². The zero-order valence-electron chi connectivity index (χ0n) is 11.2. The van der Waals surface area contributed by atoms with Crippen molar-refractivity contribution in [3.8, 4) is 0 Å². The summed E-state index contributed by atoms with van der Waals surface area (Å²) in [6, 6.07) is 4.76. The summed E-state index contributed by atoms with van der Waals surface area (Å²) in [7, 11) is 0. The van der Waals surface area contributed by atoms with Gasteiger partial charge in [-0.3, -0.25) is 4.90 Å². The van der Waals surface area contributed by atoms with Gasteiger partial charge in [-0.2, -0.15) is 13.2 Å². The lowest BCUT2D eigenvalue weighted by molar-refractivity contribution is -0.0960. The smallest absolute Gasteiger partial charge is 0.412 e. The Balaban J connectivity index is 2.13. The highest BCUT2D eigenvalue weighted by atomic mass is 19.4. The van der Waals surface area contributed by atoms with E-state index in [1.165, 1.54) is 6.07 Å². The maximum absolute atomic E-state index is 12.5. The van der Waals surface area contributed by atoms with E-state index in [1.807, 2.05) is 0 Å². The Morgan fingerprint density at radius 3 is 2.62 bits per heavy atom. The molecule has 1 heterocycles. The van der Waals surface area contributed by atoms with Crippen molar-refractivity contribution < 1.29 is 23.1 Å². The van der Waals surface area contributed by atoms with Gasteiger partial charge in [0.05, 0.1) is 5.56 Å². The average Bonchev–Trinajstić information content (AvgIpc) is 2.38. The molecule has 0 aliphatic carbocycles. The number of nitrogens with two attached hydrogens (primary N) is 1. The lowest BCUT2D eigenvalue weighted by Crippen LogP contribution is -2.32. The molecule has 7 heteroatoms. The van der Waals surface area contributed by atoms with Gasteiger partial charge in [-0.25, -0.2) is 4.79 Å². The first-order chi connectivity index (χ1) is 9.79. The fourth-order valence-electron chi connectivity index (χ4n) is 2.37. The Morgan fingerprint density at radius 1 is 1.38 bits per heavy atom. The molecule has 1 aliphatic rings. The predicted molar refractivity (Wildman–Crippen MR) is 71.8 cm³/mol. The van der Waals surface area contributed by atoms with Gasteiger partial charge in [0.25, 0.3) is 0 Å². The first kappa shape index (κ1) is 15.4. The van der Waals surface area contributed by atoms with E-state index in [1.54, 1.807) is 17.0 Å². The molecule has 0 fully saturated rings. The van der Waals surface area contributed by atoms with Gasteiger partial charge in [0.2, 0.25) is 0 Å². The second-order valence-electron chi connectivity index (χ2n) is 4.90. The standard InChI is InChI=1S/C14H15F3N2O2/c15-14(16,17)10-4-6-19(7-5-10)8-9-2-1-3-11(18)12(9)13(20)21/h1-4H,5-8,18H2,(H,20,21). The van der Waals surface area contributed by atoms with Crippen LogP contribution in [0.1, 0.15) is 22.3 Å². The molecule has 0 radical (unpaired) electrons. The molecule has 0 atom stereocenters. The number of alkyl halides is 3. The predicted octanol–water partition coefficient (Wildman–Crippen LogP) is 2.66. The Bertz CT molecular complexity index is 582. The Hall–Kier alpha value is -2.02. The van der Waals surface area contributed by atoms with Crippen LogP contribution < -0.4 is 5.73 Å². The molecule has 4 nitrogen and oxygen atoms in total. The SMILES string of the molecule is Nc1cccc(CN2CC=C(C(F)(F)F)CC2)c1C(=O)O. The number of rotatable bonds is 3. The van der Waals surface area contributed by atoms with E-state index in [2.05, 4.69) is 0 Å². The van der Waals surface area contributed by atoms with E-state index in [0.29, 0.717) is 5.56 Å². The molecule has 0 aromatic heterocycles. The number of aromatic carboxylic acids is 1. The van der Waals surface area contributed by atoms with Crippen molar-refractivity contribution in [1.82, 2.24) is 4.90 Å². The second kappa shape index (κ2) is 5.77. The quantitative estimate of drug-likeness (QED) is 0.665. The van der Waals surface area contributed by atoms with E-state index in [4.69, 9.17) is 10.8 Å². The molecule has 0 unspecified atom stereocenters. The van der Waals surface area contributed by atoms with E-state index < -0.39 is 17.7 Å². The van der Waals surface area contributed by atoms with Gasteiger partial charge in [0.1, 0.15) is 0 Å². The lowest BCUT2D eigenvalue weighted by atomic mass is 10.0. The zero-order chi connectivity index (χ0) is 15.6. The van der Waals surface area contributed by atoms with Crippen molar-refractivity contribution in [2.45, 2.75) is 19.1 Å². The first-order valence-electron chi connectivity index (χ1n) is 6.38. The van der Waals surface area contributed by atoms with Gasteiger partial charge in [0.15, 0.2) is 0 Å². The van der Waals surface area contributed by atoms with Crippen molar-refractivity contribution in [1.29, 1.82) is 0 Å². The minimum Gasteiger partial charge on any atom is -0.478 e. The number of anilines is 1. The fraction of sp³-hybridized carbons (Fsp3) is 0.357. The summed E-state index contributed by atoms with van der Waals surface area (Å²) in [5, 5.41) is 9.17. The molecule has 1 aliphatic heterocycles. The highest BCUT2D eigenvalue weighted by Gasteiger charge is 2.34. The summed E-state index contributed by atoms with van der Waals surface area (Å²) in [6.07, 6.45) is -3.22. The van der Waals surface area contributed by atoms with Crippen LogP contribution in [-0.2, 0) is 6.54 Å². The van der Waals surface area contributed by atoms with E-state index >= 15 is 0 Å². The maximum atomic E-state index is 12.5. The van der Waals surface area contributed by atoms with Crippen molar-refractivity contribution in [2.24, 2.45) is 0 Å². The van der Waals surface area contributed by atoms with E-state index in [-0.39, 0.29) is 37.3 Å². The summed E-state index contributed by atoms with van der Waals surface area (Å²) in [4.78, 5) is 13.0. The number of hydrogen-bond acceptors (Lipinski definition) is 3. The highest BCUT2D eigenvalue weighted by Crippen LogP contribution is 2.30. The van der Waals surface area contributed by atoms with Crippen molar-refractivity contribution >= 4 is 11.7 Å². The molecular weight excluding hydrogens is 285 g/mol. The van der Waals surface area contributed by atoms with Crippen molar-refractivity contribution in [2.75, 3.05) is 18.8 Å². The zero-order valence-corrected chi connectivity index (χ0v) is 11.2. The third kappa shape index (κ3) is 3.55. The van der Waals surface area contributed by atoms with Gasteiger partial charge in [0, 0.05) is 30.9 Å². The summed E-state index contributed by atoms with van der Waals surface area (Å²) >= 11 is 0. The molecule has 0 spiro atoms. The topological polar surface area (TPSA) is 66.6 Å². The summed E-state index contributed by atoms with van der Waals surface area (Å²) < 4.78 is 37.6. The van der Waals surface area contributed by atoms with Crippen LogP contribution in [0.3, 0.4) is 0 Å². The highest BCUT2D eigenvalue weighted by molar-refractivity contribution is 5.95. The molecule has 21 heavy (non-hydrogen) atoms. The summed E-state index contributed by atoms with van der Waals surface area (Å²) in [6.45, 7) is 0.635. The molecule has 0 bridgehead atoms. The third-order valence-corrected chi connectivity index (χ3v) is 3.45. The maximum Gasteiger partial charge on any atom is 0.412 e. The fourth-order valence-corrected chi connectivity index (χ4v) is 2.37. The third-order valence-electron chi connectivity index (χ3n) is 3.45. The van der Waals surface area contributed by atoms with Gasteiger partial charge < -0.3 is 10.8 Å². The van der Waals surface area contributed by atoms with Gasteiger partial charge in [-0.1, -0.05) is 18.2 Å². The van der Waals surface area contributed by atoms with Crippen LogP contribution in [0.2, 0.25) is 0 Å². The minimum atomic E-state index is -4.28. The molecular formula is C14H15F3N2O2. The van der Waals surface area contributed by atoms with Crippen LogP contribution in [-0.4, -0.2) is 35.2 Å². The summed E-state index contributed by atoms with van der Waals surface area (Å²) in [5.74, 6) is -1.13. The molecule has 0 saturated heterocycles. The molecule has 114 valence electrons. The van der Waals surface area contributed by atoms with Gasteiger partial charge in [-0.05, 0) is 18.1 Å². The Kier molecular flexibility index (Phi) is 4.22. The second-order valence-corrected chi connectivity index (χ2v) is 4.90. The summed E-state index contributed by atoms with van der Waals surface area (Å²) in [5.41, 5.74) is 5.80. The molecule has 1 aromatic rings. The first-order valence-corrected chi connectivity index (χ1v) is 6.38. The van der Waals surface area contributed by atoms with Crippen molar-refractivity contribution in [3.63, 3.8) is 0 Å². The number of nitrogen functional groups attached to an aromatic ring is 1. The van der Waals surface area contributed by atoms with E-state index in [9.17, 15) is 18.0 Å². The lowest BCUT2D eigenvalue weighted by Gasteiger charge is -2.27. The largest absolute Gasteiger partial charge is 0.478 e. The number of hydrogen-bond donors (Lipinski definition) is 2. The Morgan fingerprint density at radius 2 is 2.10 bits per heavy atom. The average molecular weight is 300 g/mol. The van der Waals surface area contributed by atoms with Gasteiger partial charge in [-0.15, -0.1) is 0 Å². The van der Waals surface area contributed by atoms with E-state index in [0.717, 1.165) is 6.08 Å². The van der Waals surface area contributed by atoms with Crippen LogP contribution in [0, 0.1) is 0 Å². The monoisotopic (exact) mass is 300 g/mol. The molecule has 2 rings (SSSR count). The number of carboxylic acids is 1. The number of carbonyl (C=O) groups is 1. The Labute approximate surface area is 119 Å². The number of carboxylic acid groups (broad SMARTS) is 1. The normalized spacial score (nSPS) is 16.6. The van der Waals surface area contributed by atoms with Crippen LogP contribution in [0.25, 0.3) is 0 Å². The molecule has 0 saturated carbocycles. The van der Waals surface area contributed by atoms with Crippen LogP contribution in [0.15, 0.2) is 29.8 Å². The number of nitrogens with zero attached hydrogens (tertiary/aromatic N) is 1. The molecule has 1 aromatic carbocycles. The molecule has 3 N–H and O–H groups in total. The number of halogens is 3. The van der Waals surface area contributed by atoms with Crippen LogP contribution in [0.4, 0.5) is 18.9 Å².